The number of ketones is 1. The molecule has 0 radical (unpaired) electrons. The summed E-state index contributed by atoms with van der Waals surface area (Å²) >= 11 is 0. The lowest BCUT2D eigenvalue weighted by Gasteiger charge is -2.25. The van der Waals surface area contributed by atoms with Gasteiger partial charge in [-0.05, 0) is 24.1 Å². The lowest BCUT2D eigenvalue weighted by Crippen LogP contribution is -2.34. The van der Waals surface area contributed by atoms with Crippen LogP contribution in [-0.2, 0) is 17.9 Å². The molecule has 2 aromatic carbocycles. The quantitative estimate of drug-likeness (QED) is 0.680. The van der Waals surface area contributed by atoms with E-state index < -0.39 is 0 Å². The molecule has 0 unspecified atom stereocenters. The standard InChI is InChI=1S/C14H15N.C10H19NO/c1-3-7-13(8-4-1)11-15-12-14-9-5-2-6-10-14;1-2-3-4-7-11-8-5-10(12)6-9-11/h1-10,15H,11-12H2;2-9H2,1H3. The van der Waals surface area contributed by atoms with Gasteiger partial charge in [0, 0.05) is 39.0 Å². The van der Waals surface area contributed by atoms with Gasteiger partial charge in [0.25, 0.3) is 0 Å². The lowest BCUT2D eigenvalue weighted by atomic mass is 10.1. The van der Waals surface area contributed by atoms with Gasteiger partial charge in [-0.25, -0.2) is 0 Å². The highest BCUT2D eigenvalue weighted by atomic mass is 16.1. The number of likely N-dealkylation sites (tertiary alicyclic amines) is 1. The Bertz CT molecular complexity index is 578. The molecular weight excluding hydrogens is 332 g/mol. The van der Waals surface area contributed by atoms with Crippen LogP contribution in [0.25, 0.3) is 0 Å². The topological polar surface area (TPSA) is 32.3 Å². The summed E-state index contributed by atoms with van der Waals surface area (Å²) in [6, 6.07) is 20.9. The predicted molar refractivity (Wildman–Crippen MR) is 114 cm³/mol. The van der Waals surface area contributed by atoms with Crippen molar-refractivity contribution in [2.45, 2.75) is 52.1 Å². The number of carbonyl (C=O) groups excluding carboxylic acids is 1. The van der Waals surface area contributed by atoms with E-state index in [1.165, 1.54) is 36.9 Å². The molecule has 2 aromatic rings. The Kier molecular flexibility index (Phi) is 10.5. The van der Waals surface area contributed by atoms with Crippen LogP contribution in [0.1, 0.15) is 50.2 Å². The Labute approximate surface area is 164 Å². The molecule has 1 heterocycles. The highest BCUT2D eigenvalue weighted by Gasteiger charge is 2.14. The van der Waals surface area contributed by atoms with Gasteiger partial charge in [0.15, 0.2) is 0 Å². The second-order valence-corrected chi connectivity index (χ2v) is 7.16. The molecule has 3 nitrogen and oxygen atoms in total. The summed E-state index contributed by atoms with van der Waals surface area (Å²) in [5, 5.41) is 3.42. The molecule has 1 saturated heterocycles. The van der Waals surface area contributed by atoms with Gasteiger partial charge in [-0.2, -0.15) is 0 Å². The second-order valence-electron chi connectivity index (χ2n) is 7.16. The number of nitrogens with one attached hydrogen (secondary N) is 1. The summed E-state index contributed by atoms with van der Waals surface area (Å²) in [6.07, 6.45) is 5.47. The molecule has 3 rings (SSSR count). The zero-order valence-electron chi connectivity index (χ0n) is 16.7. The normalized spacial score (nSPS) is 14.5. The SMILES string of the molecule is CCCCCN1CCC(=O)CC1.c1ccc(CNCc2ccccc2)cc1. The summed E-state index contributed by atoms with van der Waals surface area (Å²) in [5.74, 6) is 0.446. The molecular formula is C24H34N2O. The van der Waals surface area contributed by atoms with Gasteiger partial charge in [0.2, 0.25) is 0 Å². The zero-order valence-corrected chi connectivity index (χ0v) is 16.7. The van der Waals surface area contributed by atoms with Crippen molar-refractivity contribution in [3.05, 3.63) is 71.8 Å². The van der Waals surface area contributed by atoms with Crippen molar-refractivity contribution < 1.29 is 4.79 Å². The van der Waals surface area contributed by atoms with Crippen LogP contribution in [0.3, 0.4) is 0 Å². The summed E-state index contributed by atoms with van der Waals surface area (Å²) in [7, 11) is 0. The monoisotopic (exact) mass is 366 g/mol. The average molecular weight is 367 g/mol. The smallest absolute Gasteiger partial charge is 0.135 e. The molecule has 0 bridgehead atoms. The van der Waals surface area contributed by atoms with Gasteiger partial charge >= 0.3 is 0 Å². The molecule has 0 amide bonds. The molecule has 27 heavy (non-hydrogen) atoms. The largest absolute Gasteiger partial charge is 0.309 e. The number of benzene rings is 2. The van der Waals surface area contributed by atoms with Crippen LogP contribution < -0.4 is 5.32 Å². The number of unbranched alkanes of at least 4 members (excludes halogenated alkanes) is 2. The number of nitrogens with zero attached hydrogens (tertiary/aromatic N) is 1. The van der Waals surface area contributed by atoms with Crippen LogP contribution in [0.4, 0.5) is 0 Å². The minimum Gasteiger partial charge on any atom is -0.309 e. The summed E-state index contributed by atoms with van der Waals surface area (Å²) in [6.45, 7) is 7.28. The molecule has 0 aliphatic carbocycles. The van der Waals surface area contributed by atoms with Crippen molar-refractivity contribution >= 4 is 5.78 Å². The fourth-order valence-electron chi connectivity index (χ4n) is 3.15. The molecule has 0 saturated carbocycles. The summed E-state index contributed by atoms with van der Waals surface area (Å²) < 4.78 is 0. The van der Waals surface area contributed by atoms with Gasteiger partial charge in [0.05, 0.1) is 0 Å². The third-order valence-corrected chi connectivity index (χ3v) is 4.84. The van der Waals surface area contributed by atoms with E-state index in [0.29, 0.717) is 5.78 Å². The molecule has 1 fully saturated rings. The fraction of sp³-hybridized carbons (Fsp3) is 0.458. The van der Waals surface area contributed by atoms with E-state index in [4.69, 9.17) is 0 Å². The average Bonchev–Trinajstić information content (AvgIpc) is 2.72. The Morgan fingerprint density at radius 1 is 0.815 bits per heavy atom. The molecule has 1 N–H and O–H groups in total. The Hall–Kier alpha value is -1.97. The molecule has 146 valence electrons. The third kappa shape index (κ3) is 9.50. The first-order valence-corrected chi connectivity index (χ1v) is 10.3. The van der Waals surface area contributed by atoms with Gasteiger partial charge in [-0.1, -0.05) is 80.4 Å². The first-order valence-electron chi connectivity index (χ1n) is 10.3. The van der Waals surface area contributed by atoms with E-state index in [2.05, 4.69) is 65.7 Å². The maximum absolute atomic E-state index is 10.9. The van der Waals surface area contributed by atoms with Gasteiger partial charge in [-0.15, -0.1) is 0 Å². The van der Waals surface area contributed by atoms with Crippen LogP contribution in [0.5, 0.6) is 0 Å². The van der Waals surface area contributed by atoms with E-state index in [1.54, 1.807) is 0 Å². The number of piperidine rings is 1. The van der Waals surface area contributed by atoms with E-state index in [-0.39, 0.29) is 0 Å². The van der Waals surface area contributed by atoms with Crippen LogP contribution in [-0.4, -0.2) is 30.3 Å². The van der Waals surface area contributed by atoms with E-state index >= 15 is 0 Å². The van der Waals surface area contributed by atoms with Gasteiger partial charge < -0.3 is 10.2 Å². The number of rotatable bonds is 8. The highest BCUT2D eigenvalue weighted by molar-refractivity contribution is 5.79. The maximum Gasteiger partial charge on any atom is 0.135 e. The van der Waals surface area contributed by atoms with Gasteiger partial charge in [0.1, 0.15) is 5.78 Å². The van der Waals surface area contributed by atoms with Crippen molar-refractivity contribution in [2.24, 2.45) is 0 Å². The predicted octanol–water partition coefficient (Wildman–Crippen LogP) is 4.82. The van der Waals surface area contributed by atoms with Crippen LogP contribution in [0, 0.1) is 0 Å². The first-order chi connectivity index (χ1) is 13.3. The zero-order chi connectivity index (χ0) is 19.2. The number of carbonyl (C=O) groups is 1. The Morgan fingerprint density at radius 3 is 1.81 bits per heavy atom. The number of hydrogen-bond acceptors (Lipinski definition) is 3. The minimum absolute atomic E-state index is 0.446. The lowest BCUT2D eigenvalue weighted by molar-refractivity contribution is -0.121. The van der Waals surface area contributed by atoms with Crippen LogP contribution >= 0.6 is 0 Å². The minimum atomic E-state index is 0.446. The van der Waals surface area contributed by atoms with E-state index in [9.17, 15) is 4.79 Å². The summed E-state index contributed by atoms with van der Waals surface area (Å²) in [4.78, 5) is 13.3. The Balaban J connectivity index is 0.000000199. The third-order valence-electron chi connectivity index (χ3n) is 4.84. The van der Waals surface area contributed by atoms with E-state index in [0.717, 1.165) is 39.0 Å². The van der Waals surface area contributed by atoms with Crippen molar-refractivity contribution in [1.29, 1.82) is 0 Å². The highest BCUT2D eigenvalue weighted by Crippen LogP contribution is 2.07. The van der Waals surface area contributed by atoms with E-state index in [1.807, 2.05) is 12.1 Å². The molecule has 0 atom stereocenters. The molecule has 1 aliphatic rings. The molecule has 3 heteroatoms. The van der Waals surface area contributed by atoms with Crippen LogP contribution in [0.15, 0.2) is 60.7 Å². The molecule has 0 spiro atoms. The van der Waals surface area contributed by atoms with Gasteiger partial charge in [-0.3, -0.25) is 4.79 Å². The first kappa shape index (κ1) is 21.3. The van der Waals surface area contributed by atoms with Crippen molar-refractivity contribution in [2.75, 3.05) is 19.6 Å². The maximum atomic E-state index is 10.9. The Morgan fingerprint density at radius 2 is 1.33 bits per heavy atom. The second kappa shape index (κ2) is 13.2. The van der Waals surface area contributed by atoms with Crippen molar-refractivity contribution in [3.63, 3.8) is 0 Å². The van der Waals surface area contributed by atoms with Crippen LogP contribution in [0.2, 0.25) is 0 Å². The van der Waals surface area contributed by atoms with Crippen molar-refractivity contribution in [3.8, 4) is 0 Å². The summed E-state index contributed by atoms with van der Waals surface area (Å²) in [5.41, 5.74) is 2.65. The number of hydrogen-bond donors (Lipinski definition) is 1. The molecule has 0 aromatic heterocycles. The number of Topliss-reactive ketones (excluding diaryl/α,β-unsaturated/α-hetero) is 1. The van der Waals surface area contributed by atoms with Crippen molar-refractivity contribution in [1.82, 2.24) is 10.2 Å². The molecule has 1 aliphatic heterocycles. The fourth-order valence-corrected chi connectivity index (χ4v) is 3.15.